The first-order valence-electron chi connectivity index (χ1n) is 6.17. The van der Waals surface area contributed by atoms with Crippen molar-refractivity contribution in [1.29, 1.82) is 0 Å². The largest absolute Gasteiger partial charge is 0.462 e. The molecule has 0 N–H and O–H groups in total. The number of ketones is 1. The van der Waals surface area contributed by atoms with Crippen molar-refractivity contribution in [3.8, 4) is 5.75 Å². The highest BCUT2D eigenvalue weighted by Crippen LogP contribution is 2.24. The summed E-state index contributed by atoms with van der Waals surface area (Å²) in [6, 6.07) is 7.60. The molecule has 94 valence electrons. The van der Waals surface area contributed by atoms with Crippen LogP contribution in [0.4, 0.5) is 5.69 Å². The lowest BCUT2D eigenvalue weighted by molar-refractivity contribution is -0.115. The van der Waals surface area contributed by atoms with E-state index in [-0.39, 0.29) is 5.78 Å². The van der Waals surface area contributed by atoms with Crippen molar-refractivity contribution < 1.29 is 9.53 Å². The average Bonchev–Trinajstić information content (AvgIpc) is 2.28. The molecule has 0 saturated heterocycles. The number of hydrogen-bond donors (Lipinski definition) is 0. The van der Waals surface area contributed by atoms with E-state index >= 15 is 0 Å². The second-order valence-electron chi connectivity index (χ2n) is 4.59. The van der Waals surface area contributed by atoms with Gasteiger partial charge in [0.25, 0.3) is 0 Å². The van der Waals surface area contributed by atoms with Crippen LogP contribution in [0.5, 0.6) is 5.75 Å². The Morgan fingerprint density at radius 2 is 2.11 bits per heavy atom. The zero-order chi connectivity index (χ0) is 13.0. The molecule has 0 amide bonds. The molecule has 0 bridgehead atoms. The molecular weight excluding hydrogens is 226 g/mol. The molecule has 0 radical (unpaired) electrons. The maximum Gasteiger partial charge on any atom is 0.159 e. The lowest BCUT2D eigenvalue weighted by Gasteiger charge is -2.13. The van der Waals surface area contributed by atoms with Gasteiger partial charge in [0, 0.05) is 30.7 Å². The van der Waals surface area contributed by atoms with Gasteiger partial charge in [0.15, 0.2) is 5.78 Å². The Kier molecular flexibility index (Phi) is 3.92. The quantitative estimate of drug-likeness (QED) is 0.757. The van der Waals surface area contributed by atoms with Gasteiger partial charge in [0.05, 0.1) is 5.69 Å². The summed E-state index contributed by atoms with van der Waals surface area (Å²) in [6.07, 6.45) is 3.93. The van der Waals surface area contributed by atoms with E-state index in [1.165, 1.54) is 0 Å². The molecular formula is C15H17NO2. The summed E-state index contributed by atoms with van der Waals surface area (Å²) >= 11 is 0. The molecule has 1 aromatic carbocycles. The second kappa shape index (κ2) is 5.63. The number of ether oxygens (including phenoxy) is 1. The molecule has 3 nitrogen and oxygen atoms in total. The van der Waals surface area contributed by atoms with Gasteiger partial charge in [-0.15, -0.1) is 0 Å². The summed E-state index contributed by atoms with van der Waals surface area (Å²) in [4.78, 5) is 15.7. The molecule has 18 heavy (non-hydrogen) atoms. The van der Waals surface area contributed by atoms with Crippen LogP contribution >= 0.6 is 0 Å². The molecule has 0 aliphatic heterocycles. The average molecular weight is 243 g/mol. The van der Waals surface area contributed by atoms with E-state index in [2.05, 4.69) is 4.99 Å². The van der Waals surface area contributed by atoms with E-state index in [1.807, 2.05) is 38.1 Å². The van der Waals surface area contributed by atoms with Crippen LogP contribution < -0.4 is 4.74 Å². The van der Waals surface area contributed by atoms with Crippen LogP contribution in [0.2, 0.25) is 0 Å². The number of nitrogens with zero attached hydrogens (tertiary/aromatic N) is 1. The molecule has 0 aromatic heterocycles. The summed E-state index contributed by atoms with van der Waals surface area (Å²) in [5, 5.41) is 0. The number of carbonyl (C=O) groups is 1. The first-order chi connectivity index (χ1) is 8.63. The zero-order valence-corrected chi connectivity index (χ0v) is 10.8. The number of rotatable bonds is 3. The van der Waals surface area contributed by atoms with Crippen LogP contribution in [0, 0.1) is 0 Å². The van der Waals surface area contributed by atoms with E-state index in [0.29, 0.717) is 6.42 Å². The van der Waals surface area contributed by atoms with E-state index in [9.17, 15) is 4.79 Å². The van der Waals surface area contributed by atoms with Crippen LogP contribution in [0.1, 0.15) is 33.1 Å². The molecule has 2 rings (SSSR count). The van der Waals surface area contributed by atoms with Crippen molar-refractivity contribution in [2.45, 2.75) is 33.1 Å². The number of benzene rings is 1. The predicted molar refractivity (Wildman–Crippen MR) is 72.5 cm³/mol. The lowest BCUT2D eigenvalue weighted by atomic mass is 10.1. The highest BCUT2D eigenvalue weighted by Gasteiger charge is 2.11. The summed E-state index contributed by atoms with van der Waals surface area (Å²) in [6.45, 7) is 3.91. The first kappa shape index (κ1) is 12.6. The monoisotopic (exact) mass is 243 g/mol. The minimum Gasteiger partial charge on any atom is -0.462 e. The third-order valence-corrected chi connectivity index (χ3v) is 2.59. The Labute approximate surface area is 107 Å². The van der Waals surface area contributed by atoms with E-state index < -0.39 is 0 Å². The molecule has 0 spiro atoms. The molecule has 1 aliphatic rings. The molecule has 0 heterocycles. The summed E-state index contributed by atoms with van der Waals surface area (Å²) in [5.74, 6) is 1.63. The third-order valence-electron chi connectivity index (χ3n) is 2.59. The Balaban J connectivity index is 2.14. The topological polar surface area (TPSA) is 38.7 Å². The zero-order valence-electron chi connectivity index (χ0n) is 10.8. The summed E-state index contributed by atoms with van der Waals surface area (Å²) in [5.41, 5.74) is 1.87. The van der Waals surface area contributed by atoms with Crippen LogP contribution in [0.3, 0.4) is 0 Å². The number of carbonyl (C=O) groups excluding carboxylic acids is 1. The standard InChI is InChI=1S/C15H17NO2/c1-11(2)16-12-5-3-7-14(9-12)18-15-8-4-6-13(17)10-15/h3,5,7,9-10H,4,6,8H2,1-2H3. The van der Waals surface area contributed by atoms with Crippen molar-refractivity contribution in [2.24, 2.45) is 4.99 Å². The SMILES string of the molecule is CC(C)=Nc1cccc(OC2=CC(=O)CCC2)c1. The molecule has 3 heteroatoms. The molecule has 0 atom stereocenters. The second-order valence-corrected chi connectivity index (χ2v) is 4.59. The molecule has 0 fully saturated rings. The highest BCUT2D eigenvalue weighted by molar-refractivity contribution is 5.90. The molecule has 0 unspecified atom stereocenters. The van der Waals surface area contributed by atoms with E-state index in [4.69, 9.17) is 4.74 Å². The van der Waals surface area contributed by atoms with Gasteiger partial charge < -0.3 is 4.74 Å². The van der Waals surface area contributed by atoms with Gasteiger partial charge in [-0.3, -0.25) is 9.79 Å². The van der Waals surface area contributed by atoms with Gasteiger partial charge in [-0.1, -0.05) is 6.07 Å². The number of hydrogen-bond acceptors (Lipinski definition) is 3. The van der Waals surface area contributed by atoms with Crippen molar-refractivity contribution in [1.82, 2.24) is 0 Å². The van der Waals surface area contributed by atoms with Crippen molar-refractivity contribution >= 4 is 17.2 Å². The predicted octanol–water partition coefficient (Wildman–Crippen LogP) is 3.81. The fraction of sp³-hybridized carbons (Fsp3) is 0.333. The van der Waals surface area contributed by atoms with Gasteiger partial charge in [-0.2, -0.15) is 0 Å². The molecule has 1 aromatic rings. The van der Waals surface area contributed by atoms with Gasteiger partial charge in [0.2, 0.25) is 0 Å². The maximum absolute atomic E-state index is 11.3. The van der Waals surface area contributed by atoms with Gasteiger partial charge in [-0.25, -0.2) is 0 Å². The van der Waals surface area contributed by atoms with Gasteiger partial charge >= 0.3 is 0 Å². The Morgan fingerprint density at radius 3 is 2.83 bits per heavy atom. The summed E-state index contributed by atoms with van der Waals surface area (Å²) < 4.78 is 5.72. The minimum absolute atomic E-state index is 0.148. The Bertz CT molecular complexity index is 511. The fourth-order valence-corrected chi connectivity index (χ4v) is 1.87. The first-order valence-corrected chi connectivity index (χ1v) is 6.17. The van der Waals surface area contributed by atoms with Crippen LogP contribution in [0.15, 0.2) is 41.1 Å². The van der Waals surface area contributed by atoms with Crippen LogP contribution in [0.25, 0.3) is 0 Å². The number of aliphatic imine (C=N–C) groups is 1. The van der Waals surface area contributed by atoms with Crippen molar-refractivity contribution in [3.05, 3.63) is 36.1 Å². The minimum atomic E-state index is 0.148. The summed E-state index contributed by atoms with van der Waals surface area (Å²) in [7, 11) is 0. The highest BCUT2D eigenvalue weighted by atomic mass is 16.5. The van der Waals surface area contributed by atoms with Crippen LogP contribution in [-0.4, -0.2) is 11.5 Å². The Morgan fingerprint density at radius 1 is 1.28 bits per heavy atom. The fourth-order valence-electron chi connectivity index (χ4n) is 1.87. The normalized spacial score (nSPS) is 15.0. The molecule has 0 saturated carbocycles. The van der Waals surface area contributed by atoms with E-state index in [1.54, 1.807) is 6.08 Å². The number of allylic oxidation sites excluding steroid dienone is 2. The van der Waals surface area contributed by atoms with Crippen molar-refractivity contribution in [2.75, 3.05) is 0 Å². The molecule has 1 aliphatic carbocycles. The lowest BCUT2D eigenvalue weighted by Crippen LogP contribution is -2.06. The maximum atomic E-state index is 11.3. The van der Waals surface area contributed by atoms with Crippen molar-refractivity contribution in [3.63, 3.8) is 0 Å². The Hall–Kier alpha value is -1.90. The van der Waals surface area contributed by atoms with Gasteiger partial charge in [-0.05, 0) is 32.4 Å². The third kappa shape index (κ3) is 3.55. The smallest absolute Gasteiger partial charge is 0.159 e. The van der Waals surface area contributed by atoms with E-state index in [0.717, 1.165) is 35.7 Å². The van der Waals surface area contributed by atoms with Crippen LogP contribution in [-0.2, 0) is 4.79 Å². The van der Waals surface area contributed by atoms with Gasteiger partial charge in [0.1, 0.15) is 11.5 Å².